The molecular formula is C18H14N2O2S2. The lowest BCUT2D eigenvalue weighted by atomic mass is 10.0. The predicted molar refractivity (Wildman–Crippen MR) is 96.8 cm³/mol. The first kappa shape index (κ1) is 15.1. The second-order valence-corrected chi connectivity index (χ2v) is 7.19. The molecule has 0 saturated heterocycles. The predicted octanol–water partition coefficient (Wildman–Crippen LogP) is 4.51. The molecule has 0 aliphatic carbocycles. The van der Waals surface area contributed by atoms with Crippen molar-refractivity contribution in [2.24, 2.45) is 0 Å². The van der Waals surface area contributed by atoms with Gasteiger partial charge in [0.2, 0.25) is 0 Å². The van der Waals surface area contributed by atoms with E-state index < -0.39 is 0 Å². The van der Waals surface area contributed by atoms with E-state index in [-0.39, 0.29) is 11.8 Å². The van der Waals surface area contributed by atoms with Crippen LogP contribution >= 0.6 is 22.7 Å². The molecule has 1 unspecified atom stereocenters. The van der Waals surface area contributed by atoms with Crippen LogP contribution in [-0.2, 0) is 0 Å². The maximum absolute atomic E-state index is 12.5. The molecule has 0 aliphatic rings. The van der Waals surface area contributed by atoms with Crippen LogP contribution in [0.5, 0.6) is 0 Å². The number of nitrogens with zero attached hydrogens (tertiary/aromatic N) is 1. The van der Waals surface area contributed by atoms with Gasteiger partial charge >= 0.3 is 0 Å². The van der Waals surface area contributed by atoms with Gasteiger partial charge in [0.1, 0.15) is 5.76 Å². The second-order valence-electron chi connectivity index (χ2n) is 5.33. The number of nitrogens with one attached hydrogen (secondary N) is 1. The third-order valence-electron chi connectivity index (χ3n) is 3.83. The average Bonchev–Trinajstić information content (AvgIpc) is 3.36. The number of hydrogen-bond acceptors (Lipinski definition) is 5. The minimum absolute atomic E-state index is 0.0242. The Labute approximate surface area is 146 Å². The Morgan fingerprint density at radius 2 is 2.17 bits per heavy atom. The third kappa shape index (κ3) is 2.98. The summed E-state index contributed by atoms with van der Waals surface area (Å²) >= 11 is 3.20. The van der Waals surface area contributed by atoms with E-state index >= 15 is 0 Å². The smallest absolute Gasteiger partial charge is 0.251 e. The maximum atomic E-state index is 12.5. The first-order chi connectivity index (χ1) is 11.8. The normalized spacial score (nSPS) is 12.3. The van der Waals surface area contributed by atoms with Crippen molar-refractivity contribution < 1.29 is 9.21 Å². The van der Waals surface area contributed by atoms with Crippen LogP contribution in [0.2, 0.25) is 0 Å². The number of hydrogen-bond donors (Lipinski definition) is 1. The molecule has 0 saturated carbocycles. The van der Waals surface area contributed by atoms with E-state index in [1.807, 2.05) is 41.8 Å². The molecule has 0 radical (unpaired) electrons. The van der Waals surface area contributed by atoms with Crippen LogP contribution < -0.4 is 5.32 Å². The summed E-state index contributed by atoms with van der Waals surface area (Å²) in [6.07, 6.45) is 1.66. The highest BCUT2D eigenvalue weighted by Crippen LogP contribution is 2.28. The molecular weight excluding hydrogens is 340 g/mol. The summed E-state index contributed by atoms with van der Waals surface area (Å²) in [5.41, 5.74) is 3.36. The molecule has 0 spiro atoms. The molecule has 4 rings (SSSR count). The summed E-state index contributed by atoms with van der Waals surface area (Å²) < 4.78 is 6.57. The summed E-state index contributed by atoms with van der Waals surface area (Å²) in [4.78, 5) is 17.9. The van der Waals surface area contributed by atoms with Crippen LogP contribution in [0.1, 0.15) is 26.9 Å². The highest BCUT2D eigenvalue weighted by Gasteiger charge is 2.19. The first-order valence-corrected chi connectivity index (χ1v) is 9.25. The van der Waals surface area contributed by atoms with Gasteiger partial charge in [-0.05, 0) is 41.8 Å². The Balaban J connectivity index is 1.52. The number of thiophene rings is 1. The van der Waals surface area contributed by atoms with Crippen molar-refractivity contribution in [2.45, 2.75) is 5.92 Å². The second kappa shape index (κ2) is 6.59. The van der Waals surface area contributed by atoms with Gasteiger partial charge in [0, 0.05) is 17.0 Å². The largest absolute Gasteiger partial charge is 0.469 e. The molecule has 4 nitrogen and oxygen atoms in total. The third-order valence-corrected chi connectivity index (χ3v) is 5.61. The SMILES string of the molecule is O=C(NCC(c1ccco1)c1cccs1)c1ccc2ncsc2c1. The molecule has 0 bridgehead atoms. The number of amides is 1. The fourth-order valence-corrected chi connectivity index (χ4v) is 4.17. The number of aromatic nitrogens is 1. The van der Waals surface area contributed by atoms with Crippen LogP contribution in [0.15, 0.2) is 64.0 Å². The monoisotopic (exact) mass is 354 g/mol. The molecule has 1 atom stereocenters. The quantitative estimate of drug-likeness (QED) is 0.573. The van der Waals surface area contributed by atoms with E-state index in [4.69, 9.17) is 4.42 Å². The van der Waals surface area contributed by atoms with Gasteiger partial charge in [0.25, 0.3) is 5.91 Å². The highest BCUT2D eigenvalue weighted by molar-refractivity contribution is 7.16. The highest BCUT2D eigenvalue weighted by atomic mass is 32.1. The zero-order chi connectivity index (χ0) is 16.4. The van der Waals surface area contributed by atoms with Crippen LogP contribution in [0.3, 0.4) is 0 Å². The number of thiazole rings is 1. The van der Waals surface area contributed by atoms with Crippen molar-refractivity contribution >= 4 is 38.8 Å². The Morgan fingerprint density at radius 1 is 1.21 bits per heavy atom. The molecule has 1 aromatic carbocycles. The van der Waals surface area contributed by atoms with E-state index in [2.05, 4.69) is 16.4 Å². The summed E-state index contributed by atoms with van der Waals surface area (Å²) in [5.74, 6) is 0.796. The number of fused-ring (bicyclic) bond motifs is 1. The summed E-state index contributed by atoms with van der Waals surface area (Å²) in [6, 6.07) is 13.5. The van der Waals surface area contributed by atoms with Gasteiger partial charge in [-0.3, -0.25) is 4.79 Å². The lowest BCUT2D eigenvalue weighted by Gasteiger charge is -2.14. The van der Waals surface area contributed by atoms with E-state index in [1.54, 1.807) is 23.1 Å². The number of carbonyl (C=O) groups is 1. The zero-order valence-corrected chi connectivity index (χ0v) is 14.3. The van der Waals surface area contributed by atoms with Crippen LogP contribution in [-0.4, -0.2) is 17.4 Å². The average molecular weight is 354 g/mol. The Morgan fingerprint density at radius 3 is 2.96 bits per heavy atom. The molecule has 0 aliphatic heterocycles. The Kier molecular flexibility index (Phi) is 4.15. The Hall–Kier alpha value is -2.44. The molecule has 3 heterocycles. The lowest BCUT2D eigenvalue weighted by Crippen LogP contribution is -2.28. The van der Waals surface area contributed by atoms with Crippen LogP contribution in [0.4, 0.5) is 0 Å². The molecule has 1 N–H and O–H groups in total. The van der Waals surface area contributed by atoms with Gasteiger partial charge in [-0.2, -0.15) is 0 Å². The number of rotatable bonds is 5. The number of carbonyl (C=O) groups excluding carboxylic acids is 1. The van der Waals surface area contributed by atoms with E-state index in [0.29, 0.717) is 12.1 Å². The van der Waals surface area contributed by atoms with Crippen molar-refractivity contribution in [1.29, 1.82) is 0 Å². The molecule has 120 valence electrons. The van der Waals surface area contributed by atoms with Gasteiger partial charge in [0.15, 0.2) is 0 Å². The summed E-state index contributed by atoms with van der Waals surface area (Å²) in [6.45, 7) is 0.494. The molecule has 6 heteroatoms. The van der Waals surface area contributed by atoms with Gasteiger partial charge in [-0.15, -0.1) is 22.7 Å². The van der Waals surface area contributed by atoms with Crippen LogP contribution in [0.25, 0.3) is 10.2 Å². The molecule has 1 amide bonds. The fraction of sp³-hybridized carbons (Fsp3) is 0.111. The zero-order valence-electron chi connectivity index (χ0n) is 12.6. The maximum Gasteiger partial charge on any atom is 0.251 e. The Bertz CT molecular complexity index is 908. The van der Waals surface area contributed by atoms with Crippen molar-refractivity contribution in [1.82, 2.24) is 10.3 Å². The molecule has 0 fully saturated rings. The summed E-state index contributed by atoms with van der Waals surface area (Å²) in [5, 5.41) is 5.06. The van der Waals surface area contributed by atoms with Crippen LogP contribution in [0, 0.1) is 0 Å². The van der Waals surface area contributed by atoms with Gasteiger partial charge in [0.05, 0.1) is 27.9 Å². The lowest BCUT2D eigenvalue weighted by molar-refractivity contribution is 0.0952. The topological polar surface area (TPSA) is 55.1 Å². The number of benzene rings is 1. The van der Waals surface area contributed by atoms with Gasteiger partial charge in [-0.25, -0.2) is 4.98 Å². The molecule has 4 aromatic rings. The first-order valence-electron chi connectivity index (χ1n) is 7.49. The summed E-state index contributed by atoms with van der Waals surface area (Å²) in [7, 11) is 0. The number of furan rings is 1. The van der Waals surface area contributed by atoms with Crippen molar-refractivity contribution in [3.05, 3.63) is 75.8 Å². The van der Waals surface area contributed by atoms with Gasteiger partial charge < -0.3 is 9.73 Å². The molecule has 24 heavy (non-hydrogen) atoms. The van der Waals surface area contributed by atoms with Crippen molar-refractivity contribution in [2.75, 3.05) is 6.54 Å². The minimum atomic E-state index is -0.0848. The van der Waals surface area contributed by atoms with Crippen molar-refractivity contribution in [3.63, 3.8) is 0 Å². The molecule has 3 aromatic heterocycles. The van der Waals surface area contributed by atoms with E-state index in [0.717, 1.165) is 16.0 Å². The van der Waals surface area contributed by atoms with E-state index in [1.165, 1.54) is 16.2 Å². The fourth-order valence-electron chi connectivity index (χ4n) is 2.61. The van der Waals surface area contributed by atoms with Gasteiger partial charge in [-0.1, -0.05) is 6.07 Å². The standard InChI is InChI=1S/C18H14N2O2S2/c21-18(12-5-6-14-17(9-12)24-11-20-14)19-10-13(15-3-1-7-22-15)16-4-2-8-23-16/h1-9,11,13H,10H2,(H,19,21). The van der Waals surface area contributed by atoms with Crippen molar-refractivity contribution in [3.8, 4) is 0 Å². The van der Waals surface area contributed by atoms with E-state index in [9.17, 15) is 4.79 Å². The minimum Gasteiger partial charge on any atom is -0.469 e.